The predicted molar refractivity (Wildman–Crippen MR) is 136 cm³/mol. The maximum atomic E-state index is 13.8. The SMILES string of the molecule is CCOC(=O)c1[nH]c(C)c(CN(Cc2ccc(OC)cc2)S(=O)(=O)c2ccc(C(C)C)cc2)c1C. The van der Waals surface area contributed by atoms with Crippen LogP contribution in [0.25, 0.3) is 0 Å². The van der Waals surface area contributed by atoms with Gasteiger partial charge in [-0.15, -0.1) is 0 Å². The van der Waals surface area contributed by atoms with Crippen molar-refractivity contribution in [1.82, 2.24) is 9.29 Å². The van der Waals surface area contributed by atoms with Gasteiger partial charge in [0, 0.05) is 18.8 Å². The average Bonchev–Trinajstić information content (AvgIpc) is 3.12. The summed E-state index contributed by atoms with van der Waals surface area (Å²) >= 11 is 0. The highest BCUT2D eigenvalue weighted by atomic mass is 32.2. The van der Waals surface area contributed by atoms with Gasteiger partial charge in [0.15, 0.2) is 0 Å². The van der Waals surface area contributed by atoms with Crippen molar-refractivity contribution >= 4 is 16.0 Å². The van der Waals surface area contributed by atoms with Crippen LogP contribution < -0.4 is 4.74 Å². The Morgan fingerprint density at radius 3 is 2.17 bits per heavy atom. The number of methoxy groups -OCH3 is 1. The van der Waals surface area contributed by atoms with E-state index in [0.29, 0.717) is 22.9 Å². The lowest BCUT2D eigenvalue weighted by Gasteiger charge is -2.23. The zero-order valence-corrected chi connectivity index (χ0v) is 22.0. The van der Waals surface area contributed by atoms with Crippen molar-refractivity contribution in [1.29, 1.82) is 0 Å². The van der Waals surface area contributed by atoms with Crippen molar-refractivity contribution in [3.63, 3.8) is 0 Å². The molecule has 0 saturated carbocycles. The van der Waals surface area contributed by atoms with E-state index in [2.05, 4.69) is 18.8 Å². The third-order valence-electron chi connectivity index (χ3n) is 6.11. The maximum absolute atomic E-state index is 13.8. The Morgan fingerprint density at radius 2 is 1.63 bits per heavy atom. The van der Waals surface area contributed by atoms with Crippen molar-refractivity contribution < 1.29 is 22.7 Å². The van der Waals surface area contributed by atoms with Crippen molar-refractivity contribution in [3.8, 4) is 5.75 Å². The summed E-state index contributed by atoms with van der Waals surface area (Å²) in [6, 6.07) is 14.4. The number of aromatic amines is 1. The van der Waals surface area contributed by atoms with Gasteiger partial charge in [-0.2, -0.15) is 4.31 Å². The van der Waals surface area contributed by atoms with Gasteiger partial charge in [-0.25, -0.2) is 13.2 Å². The quantitative estimate of drug-likeness (QED) is 0.382. The monoisotopic (exact) mass is 498 g/mol. The Bertz CT molecular complexity index is 1260. The normalized spacial score (nSPS) is 11.8. The summed E-state index contributed by atoms with van der Waals surface area (Å²) in [4.78, 5) is 15.7. The second-order valence-electron chi connectivity index (χ2n) is 8.79. The fourth-order valence-electron chi connectivity index (χ4n) is 3.94. The first kappa shape index (κ1) is 26.5. The molecule has 0 amide bonds. The molecular weight excluding hydrogens is 464 g/mol. The molecular formula is C27H34N2O5S. The van der Waals surface area contributed by atoms with E-state index < -0.39 is 16.0 Å². The van der Waals surface area contributed by atoms with E-state index in [4.69, 9.17) is 9.47 Å². The van der Waals surface area contributed by atoms with Crippen LogP contribution in [0.3, 0.4) is 0 Å². The fraction of sp³-hybridized carbons (Fsp3) is 0.370. The Balaban J connectivity index is 2.02. The highest BCUT2D eigenvalue weighted by Crippen LogP contribution is 2.27. The lowest BCUT2D eigenvalue weighted by molar-refractivity contribution is 0.0519. The third kappa shape index (κ3) is 5.94. The average molecular weight is 499 g/mol. The van der Waals surface area contributed by atoms with E-state index in [-0.39, 0.29) is 24.6 Å². The van der Waals surface area contributed by atoms with Crippen LogP contribution in [0.5, 0.6) is 5.75 Å². The molecule has 0 aliphatic rings. The number of rotatable bonds is 10. The lowest BCUT2D eigenvalue weighted by atomic mass is 10.0. The number of sulfonamides is 1. The van der Waals surface area contributed by atoms with Crippen LogP contribution in [0.1, 0.15) is 65.1 Å². The molecule has 0 unspecified atom stereocenters. The smallest absolute Gasteiger partial charge is 0.355 e. The van der Waals surface area contributed by atoms with Gasteiger partial charge in [0.1, 0.15) is 11.4 Å². The standard InChI is InChI=1S/C27H34N2O5S/c1-7-34-27(30)26-19(4)25(20(5)28-26)17-29(16-21-8-12-23(33-6)13-9-21)35(31,32)24-14-10-22(11-15-24)18(2)3/h8-15,18,28H,7,16-17H2,1-6H3. The third-order valence-corrected chi connectivity index (χ3v) is 7.92. The van der Waals surface area contributed by atoms with Crippen molar-refractivity contribution in [2.24, 2.45) is 0 Å². The topological polar surface area (TPSA) is 88.7 Å². The zero-order valence-electron chi connectivity index (χ0n) is 21.2. The molecule has 0 fully saturated rings. The van der Waals surface area contributed by atoms with Crippen LogP contribution in [0.4, 0.5) is 0 Å². The highest BCUT2D eigenvalue weighted by Gasteiger charge is 2.28. The number of aryl methyl sites for hydroxylation is 1. The maximum Gasteiger partial charge on any atom is 0.355 e. The first-order valence-corrected chi connectivity index (χ1v) is 13.1. The van der Waals surface area contributed by atoms with Gasteiger partial charge in [0.25, 0.3) is 0 Å². The van der Waals surface area contributed by atoms with Gasteiger partial charge in [-0.05, 0) is 73.2 Å². The molecule has 1 heterocycles. The minimum atomic E-state index is -3.84. The number of carbonyl (C=O) groups is 1. The van der Waals surface area contributed by atoms with Gasteiger partial charge in [0.05, 0.1) is 18.6 Å². The second kappa shape index (κ2) is 11.1. The van der Waals surface area contributed by atoms with Crippen molar-refractivity contribution in [2.45, 2.75) is 58.5 Å². The molecule has 0 aliphatic heterocycles. The van der Waals surface area contributed by atoms with Crippen molar-refractivity contribution in [2.75, 3.05) is 13.7 Å². The molecule has 0 spiro atoms. The van der Waals surface area contributed by atoms with E-state index in [1.807, 2.05) is 43.3 Å². The Labute approximate surface area is 208 Å². The number of hydrogen-bond donors (Lipinski definition) is 1. The molecule has 8 heteroatoms. The van der Waals surface area contributed by atoms with E-state index in [9.17, 15) is 13.2 Å². The molecule has 7 nitrogen and oxygen atoms in total. The molecule has 0 saturated heterocycles. The van der Waals surface area contributed by atoms with E-state index in [1.54, 1.807) is 33.1 Å². The largest absolute Gasteiger partial charge is 0.497 e. The van der Waals surface area contributed by atoms with Crippen LogP contribution in [-0.4, -0.2) is 37.4 Å². The Morgan fingerprint density at radius 1 is 1.00 bits per heavy atom. The Kier molecular flexibility index (Phi) is 8.40. The highest BCUT2D eigenvalue weighted by molar-refractivity contribution is 7.89. The summed E-state index contributed by atoms with van der Waals surface area (Å²) in [5.74, 6) is 0.547. The number of nitrogens with one attached hydrogen (secondary N) is 1. The summed E-state index contributed by atoms with van der Waals surface area (Å²) in [6.07, 6.45) is 0. The fourth-order valence-corrected chi connectivity index (χ4v) is 5.34. The number of benzene rings is 2. The molecule has 0 atom stereocenters. The van der Waals surface area contributed by atoms with Gasteiger partial charge >= 0.3 is 5.97 Å². The zero-order chi connectivity index (χ0) is 25.8. The number of carbonyl (C=O) groups excluding carboxylic acids is 1. The van der Waals surface area contributed by atoms with Crippen LogP contribution in [0.15, 0.2) is 53.4 Å². The molecule has 2 aromatic carbocycles. The molecule has 3 aromatic rings. The van der Waals surface area contributed by atoms with E-state index >= 15 is 0 Å². The summed E-state index contributed by atoms with van der Waals surface area (Å²) in [5.41, 5.74) is 4.42. The number of H-pyrrole nitrogens is 1. The lowest BCUT2D eigenvalue weighted by Crippen LogP contribution is -2.30. The van der Waals surface area contributed by atoms with Crippen LogP contribution in [0.2, 0.25) is 0 Å². The van der Waals surface area contributed by atoms with Gasteiger partial charge < -0.3 is 14.5 Å². The van der Waals surface area contributed by atoms with Gasteiger partial charge in [-0.1, -0.05) is 38.1 Å². The molecule has 35 heavy (non-hydrogen) atoms. The predicted octanol–water partition coefficient (Wildman–Crippen LogP) is 5.33. The minimum absolute atomic E-state index is 0.105. The summed E-state index contributed by atoms with van der Waals surface area (Å²) in [5, 5.41) is 0. The number of esters is 1. The van der Waals surface area contributed by atoms with E-state index in [0.717, 1.165) is 22.4 Å². The first-order valence-electron chi connectivity index (χ1n) is 11.7. The summed E-state index contributed by atoms with van der Waals surface area (Å²) < 4.78 is 39.4. The second-order valence-corrected chi connectivity index (χ2v) is 10.7. The molecule has 0 radical (unpaired) electrons. The van der Waals surface area contributed by atoms with Crippen molar-refractivity contribution in [3.05, 3.63) is 82.2 Å². The van der Waals surface area contributed by atoms with Gasteiger partial charge in [-0.3, -0.25) is 0 Å². The van der Waals surface area contributed by atoms with Gasteiger partial charge in [0.2, 0.25) is 10.0 Å². The molecule has 1 aromatic heterocycles. The summed E-state index contributed by atoms with van der Waals surface area (Å²) in [6.45, 7) is 10.1. The molecule has 188 valence electrons. The Hall–Kier alpha value is -3.10. The van der Waals surface area contributed by atoms with Crippen LogP contribution >= 0.6 is 0 Å². The molecule has 0 bridgehead atoms. The van der Waals surface area contributed by atoms with E-state index in [1.165, 1.54) is 4.31 Å². The number of hydrogen-bond acceptors (Lipinski definition) is 5. The molecule has 0 aliphatic carbocycles. The number of nitrogens with zero attached hydrogens (tertiary/aromatic N) is 1. The van der Waals surface area contributed by atoms with Crippen LogP contribution in [0, 0.1) is 13.8 Å². The number of aromatic nitrogens is 1. The molecule has 3 rings (SSSR count). The summed E-state index contributed by atoms with van der Waals surface area (Å²) in [7, 11) is -2.25. The minimum Gasteiger partial charge on any atom is -0.497 e. The first-order chi connectivity index (χ1) is 16.6. The van der Waals surface area contributed by atoms with Crippen LogP contribution in [-0.2, 0) is 27.8 Å². The number of ether oxygens (including phenoxy) is 2. The molecule has 1 N–H and O–H groups in total.